The molecule has 2 aromatic carbocycles. The van der Waals surface area contributed by atoms with Crippen LogP contribution in [0.25, 0.3) is 16.5 Å². The smallest absolute Gasteiger partial charge is 0.368 e. The van der Waals surface area contributed by atoms with Crippen LogP contribution < -0.4 is 15.5 Å². The van der Waals surface area contributed by atoms with Crippen molar-refractivity contribution in [3.63, 3.8) is 0 Å². The third kappa shape index (κ3) is 1.80. The lowest BCUT2D eigenvalue weighted by atomic mass is 10.2. The molecule has 0 aliphatic carbocycles. The van der Waals surface area contributed by atoms with Gasteiger partial charge in [-0.05, 0) is 18.2 Å². The highest BCUT2D eigenvalue weighted by Crippen LogP contribution is 2.40. The Morgan fingerprint density at radius 2 is 1.57 bits per heavy atom. The first kappa shape index (κ1) is 13.3. The normalized spacial score (nSPS) is 12.8. The first-order valence-corrected chi connectivity index (χ1v) is 6.81. The Morgan fingerprint density at radius 3 is 2.13 bits per heavy atom. The van der Waals surface area contributed by atoms with Crippen LogP contribution in [-0.4, -0.2) is 27.9 Å². The minimum absolute atomic E-state index is 0.127. The molecule has 0 bridgehead atoms. The van der Waals surface area contributed by atoms with Crippen molar-refractivity contribution in [3.05, 3.63) is 47.1 Å². The maximum atomic E-state index is 11.3. The van der Waals surface area contributed by atoms with Crippen molar-refractivity contribution >= 4 is 16.8 Å². The summed E-state index contributed by atoms with van der Waals surface area (Å²) in [5.74, 6) is 0.0959. The van der Waals surface area contributed by atoms with Gasteiger partial charge in [0.05, 0.1) is 23.5 Å². The van der Waals surface area contributed by atoms with Gasteiger partial charge in [-0.3, -0.25) is 0 Å². The summed E-state index contributed by atoms with van der Waals surface area (Å²) < 4.78 is 6.56. The molecule has 0 atom stereocenters. The molecule has 0 radical (unpaired) electrons. The topological polar surface area (TPSA) is 96.4 Å². The van der Waals surface area contributed by atoms with Crippen molar-refractivity contribution in [3.8, 4) is 23.2 Å². The standard InChI is InChI=1S/C16H11N3O4/c1-23-13-7-11-10(17-16(22)18-11)6-12(13)19-14(20)8-4-2-3-5-9(8)15(19)21/h2-7,20-21H,1H3. The predicted molar refractivity (Wildman–Crippen MR) is 80.9 cm³/mol. The second-order valence-corrected chi connectivity index (χ2v) is 5.05. The molecule has 7 nitrogen and oxygen atoms in total. The van der Waals surface area contributed by atoms with Crippen molar-refractivity contribution in [2.24, 2.45) is 9.98 Å². The lowest BCUT2D eigenvalue weighted by molar-refractivity contribution is 0.256. The number of carbonyl (C=O) groups is 1. The summed E-state index contributed by atoms with van der Waals surface area (Å²) in [4.78, 5) is 18.9. The summed E-state index contributed by atoms with van der Waals surface area (Å²) in [6, 6.07) is 9.42. The van der Waals surface area contributed by atoms with E-state index in [1.165, 1.54) is 11.7 Å². The highest BCUT2D eigenvalue weighted by molar-refractivity contribution is 5.94. The average Bonchev–Trinajstić information content (AvgIpc) is 3.03. The third-order valence-corrected chi connectivity index (χ3v) is 3.78. The zero-order valence-electron chi connectivity index (χ0n) is 12.0. The van der Waals surface area contributed by atoms with E-state index in [9.17, 15) is 15.0 Å². The van der Waals surface area contributed by atoms with Gasteiger partial charge in [-0.1, -0.05) is 12.1 Å². The molecule has 2 amide bonds. The van der Waals surface area contributed by atoms with E-state index in [4.69, 9.17) is 4.74 Å². The van der Waals surface area contributed by atoms with Gasteiger partial charge in [-0.15, -0.1) is 0 Å². The van der Waals surface area contributed by atoms with Gasteiger partial charge in [0.15, 0.2) is 0 Å². The fraction of sp³-hybridized carbons (Fsp3) is 0.0625. The van der Waals surface area contributed by atoms with Crippen LogP contribution in [0.3, 0.4) is 0 Å². The van der Waals surface area contributed by atoms with Gasteiger partial charge in [0.25, 0.3) is 0 Å². The Kier molecular flexibility index (Phi) is 2.65. The van der Waals surface area contributed by atoms with E-state index in [-0.39, 0.29) is 11.8 Å². The molecule has 2 heterocycles. The van der Waals surface area contributed by atoms with E-state index >= 15 is 0 Å². The number of benzene rings is 2. The number of ether oxygens (including phenoxy) is 1. The van der Waals surface area contributed by atoms with Crippen LogP contribution in [0.5, 0.6) is 17.5 Å². The lowest BCUT2D eigenvalue weighted by Crippen LogP contribution is -2.23. The van der Waals surface area contributed by atoms with Gasteiger partial charge in [0.2, 0.25) is 11.8 Å². The van der Waals surface area contributed by atoms with Crippen molar-refractivity contribution in [2.45, 2.75) is 0 Å². The van der Waals surface area contributed by atoms with E-state index in [0.717, 1.165) is 0 Å². The molecule has 0 unspecified atom stereocenters. The largest absolute Gasteiger partial charge is 0.494 e. The van der Waals surface area contributed by atoms with Gasteiger partial charge in [-0.2, -0.15) is 9.98 Å². The molecule has 0 saturated heterocycles. The second kappa shape index (κ2) is 4.57. The highest BCUT2D eigenvalue weighted by Gasteiger charge is 2.21. The molecule has 2 N–H and O–H groups in total. The molecule has 1 aliphatic heterocycles. The number of fused-ring (bicyclic) bond motifs is 2. The number of aromatic hydroxyl groups is 2. The fourth-order valence-corrected chi connectivity index (χ4v) is 2.74. The Balaban J connectivity index is 2.11. The molecule has 0 fully saturated rings. The van der Waals surface area contributed by atoms with E-state index in [1.807, 2.05) is 0 Å². The number of hydrogen-bond acceptors (Lipinski definition) is 4. The van der Waals surface area contributed by atoms with Gasteiger partial charge in [0.1, 0.15) is 5.75 Å². The molecule has 1 aromatic heterocycles. The Hall–Kier alpha value is -3.35. The Bertz CT molecular complexity index is 1060. The summed E-state index contributed by atoms with van der Waals surface area (Å²) >= 11 is 0. The number of methoxy groups -OCH3 is 1. The van der Waals surface area contributed by atoms with Crippen LogP contribution in [0.2, 0.25) is 0 Å². The molecular formula is C16H11N3O4. The van der Waals surface area contributed by atoms with Crippen LogP contribution in [-0.2, 0) is 0 Å². The lowest BCUT2D eigenvalue weighted by Gasteiger charge is -2.11. The molecule has 7 heteroatoms. The van der Waals surface area contributed by atoms with Crippen molar-refractivity contribution in [2.75, 3.05) is 7.11 Å². The van der Waals surface area contributed by atoms with Gasteiger partial charge < -0.3 is 14.9 Å². The molecule has 1 aliphatic rings. The van der Waals surface area contributed by atoms with Crippen molar-refractivity contribution in [1.29, 1.82) is 0 Å². The maximum Gasteiger partial charge on any atom is 0.368 e. The fourth-order valence-electron chi connectivity index (χ4n) is 2.74. The third-order valence-electron chi connectivity index (χ3n) is 3.78. The summed E-state index contributed by atoms with van der Waals surface area (Å²) in [6.07, 6.45) is 0. The predicted octanol–water partition coefficient (Wildman–Crippen LogP) is 1.42. The number of nitrogens with zero attached hydrogens (tertiary/aromatic N) is 3. The van der Waals surface area contributed by atoms with Crippen LogP contribution in [0.15, 0.2) is 46.4 Å². The highest BCUT2D eigenvalue weighted by atomic mass is 16.5. The molecule has 3 aromatic rings. The van der Waals surface area contributed by atoms with E-state index in [2.05, 4.69) is 9.98 Å². The van der Waals surface area contributed by atoms with Gasteiger partial charge in [-0.25, -0.2) is 9.36 Å². The molecule has 4 rings (SSSR count). The maximum absolute atomic E-state index is 11.3. The summed E-state index contributed by atoms with van der Waals surface area (Å²) in [7, 11) is 1.45. The minimum atomic E-state index is -0.592. The van der Waals surface area contributed by atoms with Crippen LogP contribution in [0.1, 0.15) is 0 Å². The Labute approximate surface area is 129 Å². The number of carbonyl (C=O) groups excluding carboxylic acids is 1. The van der Waals surface area contributed by atoms with E-state index in [0.29, 0.717) is 32.9 Å². The minimum Gasteiger partial charge on any atom is -0.494 e. The Morgan fingerprint density at radius 1 is 1.00 bits per heavy atom. The first-order valence-electron chi connectivity index (χ1n) is 6.81. The van der Waals surface area contributed by atoms with Crippen LogP contribution in [0, 0.1) is 0 Å². The molecular weight excluding hydrogens is 298 g/mol. The monoisotopic (exact) mass is 309 g/mol. The zero-order chi connectivity index (χ0) is 16.1. The van der Waals surface area contributed by atoms with E-state index < -0.39 is 6.03 Å². The molecule has 0 saturated carbocycles. The van der Waals surface area contributed by atoms with Crippen molar-refractivity contribution in [1.82, 2.24) is 4.57 Å². The number of amides is 2. The first-order chi connectivity index (χ1) is 11.1. The number of aromatic nitrogens is 1. The molecule has 114 valence electrons. The van der Waals surface area contributed by atoms with E-state index in [1.54, 1.807) is 36.4 Å². The molecule has 0 spiro atoms. The average molecular weight is 309 g/mol. The quantitative estimate of drug-likeness (QED) is 0.748. The number of hydrogen-bond donors (Lipinski definition) is 2. The number of urea groups is 1. The van der Waals surface area contributed by atoms with Gasteiger partial charge >= 0.3 is 6.03 Å². The van der Waals surface area contributed by atoms with Gasteiger partial charge in [0, 0.05) is 16.8 Å². The van der Waals surface area contributed by atoms with Crippen LogP contribution >= 0.6 is 0 Å². The zero-order valence-corrected chi connectivity index (χ0v) is 12.0. The number of rotatable bonds is 2. The summed E-state index contributed by atoms with van der Waals surface area (Å²) in [5, 5.41) is 22.7. The summed E-state index contributed by atoms with van der Waals surface area (Å²) in [6.45, 7) is 0. The second-order valence-electron chi connectivity index (χ2n) is 5.05. The summed E-state index contributed by atoms with van der Waals surface area (Å²) in [5.41, 5.74) is 0.367. The van der Waals surface area contributed by atoms with Crippen molar-refractivity contribution < 1.29 is 19.7 Å². The SMILES string of the molecule is COc1cc2c(cc1-n1c(O)c3ccccc3c1O)=NC(=O)N=2. The molecule has 23 heavy (non-hydrogen) atoms. The van der Waals surface area contributed by atoms with Crippen LogP contribution in [0.4, 0.5) is 4.79 Å².